The van der Waals surface area contributed by atoms with Crippen molar-refractivity contribution in [2.45, 2.75) is 69.3 Å². The van der Waals surface area contributed by atoms with E-state index in [1.807, 2.05) is 55.5 Å². The molecule has 2 fully saturated rings. The topological polar surface area (TPSA) is 107 Å². The second kappa shape index (κ2) is 12.8. The van der Waals surface area contributed by atoms with E-state index >= 15 is 0 Å². The van der Waals surface area contributed by atoms with E-state index in [2.05, 4.69) is 6.58 Å². The SMILES string of the molecule is C=CCC1OC(c2ccc(CCO)cc2)OC2C(C(O)CO)OC(c3ccc(OCCC)cc3)OC12. The normalized spacial score (nSPS) is 28.8. The molecule has 8 nitrogen and oxygen atoms in total. The number of hydrogen-bond donors (Lipinski definition) is 3. The highest BCUT2D eigenvalue weighted by Crippen LogP contribution is 2.42. The first kappa shape index (κ1) is 26.8. The van der Waals surface area contributed by atoms with Gasteiger partial charge in [0.15, 0.2) is 12.6 Å². The average molecular weight is 501 g/mol. The minimum atomic E-state index is -1.17. The molecule has 0 aliphatic carbocycles. The molecule has 0 spiro atoms. The van der Waals surface area contributed by atoms with Gasteiger partial charge in [0.2, 0.25) is 0 Å². The number of rotatable bonds is 11. The van der Waals surface area contributed by atoms with Crippen molar-refractivity contribution < 1.29 is 39.0 Å². The highest BCUT2D eigenvalue weighted by Gasteiger charge is 2.51. The molecule has 2 aliphatic rings. The van der Waals surface area contributed by atoms with Crippen molar-refractivity contribution in [1.82, 2.24) is 0 Å². The molecule has 2 aromatic rings. The van der Waals surface area contributed by atoms with E-state index in [1.54, 1.807) is 6.08 Å². The zero-order chi connectivity index (χ0) is 25.5. The molecule has 3 N–H and O–H groups in total. The van der Waals surface area contributed by atoms with Crippen LogP contribution in [-0.4, -0.2) is 65.7 Å². The third-order valence-corrected chi connectivity index (χ3v) is 6.40. The summed E-state index contributed by atoms with van der Waals surface area (Å²) in [7, 11) is 0. The van der Waals surface area contributed by atoms with Crippen LogP contribution in [0.15, 0.2) is 61.2 Å². The van der Waals surface area contributed by atoms with E-state index in [4.69, 9.17) is 23.7 Å². The number of fused-ring (bicyclic) bond motifs is 1. The van der Waals surface area contributed by atoms with Crippen LogP contribution in [0, 0.1) is 0 Å². The van der Waals surface area contributed by atoms with E-state index in [-0.39, 0.29) is 6.61 Å². The zero-order valence-electron chi connectivity index (χ0n) is 20.6. The number of hydrogen-bond acceptors (Lipinski definition) is 8. The molecule has 2 aliphatic heterocycles. The molecule has 0 aromatic heterocycles. The van der Waals surface area contributed by atoms with Crippen molar-refractivity contribution in [3.05, 3.63) is 77.9 Å². The molecule has 8 heteroatoms. The first-order valence-electron chi connectivity index (χ1n) is 12.5. The molecule has 196 valence electrons. The van der Waals surface area contributed by atoms with Gasteiger partial charge in [-0.25, -0.2) is 0 Å². The Morgan fingerprint density at radius 2 is 1.56 bits per heavy atom. The predicted molar refractivity (Wildman–Crippen MR) is 132 cm³/mol. The Balaban J connectivity index is 1.57. The molecule has 0 saturated carbocycles. The van der Waals surface area contributed by atoms with Crippen LogP contribution in [0.1, 0.15) is 49.0 Å². The summed E-state index contributed by atoms with van der Waals surface area (Å²) in [5.41, 5.74) is 2.56. The Morgan fingerprint density at radius 1 is 0.917 bits per heavy atom. The third-order valence-electron chi connectivity index (χ3n) is 6.40. The molecule has 0 bridgehead atoms. The van der Waals surface area contributed by atoms with Crippen molar-refractivity contribution in [1.29, 1.82) is 0 Å². The van der Waals surface area contributed by atoms with Gasteiger partial charge in [0.05, 0.1) is 19.3 Å². The molecule has 2 aromatic carbocycles. The van der Waals surface area contributed by atoms with E-state index < -0.39 is 49.7 Å². The minimum Gasteiger partial charge on any atom is -0.494 e. The van der Waals surface area contributed by atoms with Crippen LogP contribution in [0.25, 0.3) is 0 Å². The lowest BCUT2D eigenvalue weighted by atomic mass is 9.93. The zero-order valence-corrected chi connectivity index (χ0v) is 20.6. The highest BCUT2D eigenvalue weighted by molar-refractivity contribution is 5.28. The first-order valence-corrected chi connectivity index (χ1v) is 12.5. The molecule has 7 atom stereocenters. The summed E-state index contributed by atoms with van der Waals surface area (Å²) in [6.45, 7) is 6.14. The summed E-state index contributed by atoms with van der Waals surface area (Å²) in [5, 5.41) is 29.6. The monoisotopic (exact) mass is 500 g/mol. The van der Waals surface area contributed by atoms with Gasteiger partial charge >= 0.3 is 0 Å². The molecule has 2 heterocycles. The van der Waals surface area contributed by atoms with Gasteiger partial charge in [-0.15, -0.1) is 6.58 Å². The van der Waals surface area contributed by atoms with E-state index in [9.17, 15) is 15.3 Å². The van der Waals surface area contributed by atoms with Crippen LogP contribution in [0.5, 0.6) is 5.75 Å². The lowest BCUT2D eigenvalue weighted by Gasteiger charge is -2.50. The van der Waals surface area contributed by atoms with Gasteiger partial charge in [-0.2, -0.15) is 0 Å². The Bertz CT molecular complexity index is 947. The van der Waals surface area contributed by atoms with Gasteiger partial charge < -0.3 is 39.0 Å². The largest absolute Gasteiger partial charge is 0.494 e. The molecule has 36 heavy (non-hydrogen) atoms. The fraction of sp³-hybridized carbons (Fsp3) is 0.500. The number of aliphatic hydroxyl groups is 3. The van der Waals surface area contributed by atoms with Crippen molar-refractivity contribution in [2.24, 2.45) is 0 Å². The van der Waals surface area contributed by atoms with Crippen LogP contribution in [0.2, 0.25) is 0 Å². The van der Waals surface area contributed by atoms with E-state index in [0.717, 1.165) is 28.9 Å². The van der Waals surface area contributed by atoms with Crippen molar-refractivity contribution >= 4 is 0 Å². The summed E-state index contributed by atoms with van der Waals surface area (Å²) < 4.78 is 30.8. The second-order valence-corrected chi connectivity index (χ2v) is 9.05. The molecule has 7 unspecified atom stereocenters. The van der Waals surface area contributed by atoms with Gasteiger partial charge in [0, 0.05) is 17.7 Å². The van der Waals surface area contributed by atoms with Crippen LogP contribution < -0.4 is 4.74 Å². The summed E-state index contributed by atoms with van der Waals surface area (Å²) in [6.07, 6.45) is -1.43. The first-order chi connectivity index (χ1) is 17.6. The van der Waals surface area contributed by atoms with Gasteiger partial charge in [-0.3, -0.25) is 0 Å². The quantitative estimate of drug-likeness (QED) is 0.404. The molecule has 2 saturated heterocycles. The van der Waals surface area contributed by atoms with Gasteiger partial charge in [-0.1, -0.05) is 49.4 Å². The summed E-state index contributed by atoms with van der Waals surface area (Å²) >= 11 is 0. The standard InChI is InChI=1S/C28H36O8/c1-3-5-23-25-26(36-27(33-23)19-8-6-18(7-9-19)14-15-29)24(22(31)17-30)34-28(35-25)20-10-12-21(13-11-20)32-16-4-2/h3,6-13,22-31H,1,4-5,14-17H2,2H3. The number of benzene rings is 2. The van der Waals surface area contributed by atoms with Crippen LogP contribution in [0.4, 0.5) is 0 Å². The summed E-state index contributed by atoms with van der Waals surface area (Å²) in [6, 6.07) is 15.1. The van der Waals surface area contributed by atoms with E-state index in [1.165, 1.54) is 0 Å². The molecule has 0 radical (unpaired) electrons. The lowest BCUT2D eigenvalue weighted by molar-refractivity contribution is -0.390. The Labute approximate surface area is 212 Å². The maximum atomic E-state index is 10.7. The van der Waals surface area contributed by atoms with Crippen molar-refractivity contribution in [3.8, 4) is 5.75 Å². The Morgan fingerprint density at radius 3 is 2.17 bits per heavy atom. The fourth-order valence-corrected chi connectivity index (χ4v) is 4.52. The average Bonchev–Trinajstić information content (AvgIpc) is 2.92. The predicted octanol–water partition coefficient (Wildman–Crippen LogP) is 3.20. The lowest BCUT2D eigenvalue weighted by Crippen LogP contribution is -2.61. The van der Waals surface area contributed by atoms with Crippen LogP contribution >= 0.6 is 0 Å². The molecule has 4 rings (SSSR count). The number of aliphatic hydroxyl groups excluding tert-OH is 3. The maximum absolute atomic E-state index is 10.7. The molecule has 0 amide bonds. The third kappa shape index (κ3) is 6.15. The maximum Gasteiger partial charge on any atom is 0.184 e. The van der Waals surface area contributed by atoms with Gasteiger partial charge in [0.25, 0.3) is 0 Å². The molecular weight excluding hydrogens is 464 g/mol. The second-order valence-electron chi connectivity index (χ2n) is 9.05. The Kier molecular flexibility index (Phi) is 9.50. The minimum absolute atomic E-state index is 0.0754. The summed E-state index contributed by atoms with van der Waals surface area (Å²) in [5.74, 6) is 0.753. The van der Waals surface area contributed by atoms with Crippen molar-refractivity contribution in [2.75, 3.05) is 19.8 Å². The van der Waals surface area contributed by atoms with Crippen molar-refractivity contribution in [3.63, 3.8) is 0 Å². The van der Waals surface area contributed by atoms with Crippen LogP contribution in [-0.2, 0) is 25.4 Å². The van der Waals surface area contributed by atoms with Gasteiger partial charge in [0.1, 0.15) is 30.2 Å². The smallest absolute Gasteiger partial charge is 0.184 e. The van der Waals surface area contributed by atoms with E-state index in [0.29, 0.717) is 19.4 Å². The van der Waals surface area contributed by atoms with Gasteiger partial charge in [-0.05, 0) is 37.0 Å². The van der Waals surface area contributed by atoms with Crippen LogP contribution in [0.3, 0.4) is 0 Å². The Hall–Kier alpha value is -2.30. The molecular formula is C28H36O8. The highest BCUT2D eigenvalue weighted by atomic mass is 16.8. The summed E-state index contributed by atoms with van der Waals surface area (Å²) in [4.78, 5) is 0. The fourth-order valence-electron chi connectivity index (χ4n) is 4.52. The number of ether oxygens (including phenoxy) is 5.